The zero-order valence-corrected chi connectivity index (χ0v) is 18.9. The van der Waals surface area contributed by atoms with E-state index in [-0.39, 0.29) is 34.1 Å². The Balaban J connectivity index is 1.72. The van der Waals surface area contributed by atoms with Crippen molar-refractivity contribution < 1.29 is 13.9 Å². The standard InChI is InChI=1S/C20H24Cl2FN5O2/c1-5-12-13-15(14(23)16(21)24-12)25-18(22)26-17(13)27-8-10-6-7-11(9-27)28(10)19(29)30-20(2,3)4/h10-11H,5-9H2,1-4H3/t10-,11+. The number of pyridine rings is 1. The van der Waals surface area contributed by atoms with E-state index in [2.05, 4.69) is 15.0 Å². The Morgan fingerprint density at radius 1 is 1.17 bits per heavy atom. The molecular weight excluding hydrogens is 432 g/mol. The predicted molar refractivity (Wildman–Crippen MR) is 114 cm³/mol. The van der Waals surface area contributed by atoms with Crippen LogP contribution in [0, 0.1) is 5.82 Å². The summed E-state index contributed by atoms with van der Waals surface area (Å²) in [4.78, 5) is 29.3. The molecule has 10 heteroatoms. The first kappa shape index (κ1) is 21.3. The van der Waals surface area contributed by atoms with Crippen LogP contribution >= 0.6 is 23.2 Å². The first-order valence-electron chi connectivity index (χ1n) is 10.1. The molecule has 2 aliphatic heterocycles. The third kappa shape index (κ3) is 3.75. The summed E-state index contributed by atoms with van der Waals surface area (Å²) < 4.78 is 20.3. The summed E-state index contributed by atoms with van der Waals surface area (Å²) in [6.07, 6.45) is 1.99. The molecule has 1 amide bonds. The van der Waals surface area contributed by atoms with Gasteiger partial charge in [0, 0.05) is 13.1 Å². The van der Waals surface area contributed by atoms with Gasteiger partial charge in [0.05, 0.1) is 23.2 Å². The lowest BCUT2D eigenvalue weighted by atomic mass is 10.1. The number of carbonyl (C=O) groups excluding carboxylic acids is 1. The van der Waals surface area contributed by atoms with Gasteiger partial charge in [-0.15, -0.1) is 0 Å². The molecule has 2 saturated heterocycles. The molecule has 0 radical (unpaired) electrons. The van der Waals surface area contributed by atoms with E-state index in [4.69, 9.17) is 27.9 Å². The van der Waals surface area contributed by atoms with Crippen LogP contribution in [-0.2, 0) is 11.2 Å². The fourth-order valence-corrected chi connectivity index (χ4v) is 4.70. The number of rotatable bonds is 2. The van der Waals surface area contributed by atoms with E-state index in [9.17, 15) is 9.18 Å². The molecule has 0 unspecified atom stereocenters. The van der Waals surface area contributed by atoms with Crippen molar-refractivity contribution >= 4 is 46.0 Å². The summed E-state index contributed by atoms with van der Waals surface area (Å²) in [5.74, 6) is -0.171. The van der Waals surface area contributed by atoms with Crippen LogP contribution in [-0.4, -0.2) is 56.7 Å². The number of anilines is 1. The highest BCUT2D eigenvalue weighted by Gasteiger charge is 2.45. The molecule has 0 saturated carbocycles. The summed E-state index contributed by atoms with van der Waals surface area (Å²) in [6, 6.07) is -0.0323. The number of ether oxygens (including phenoxy) is 1. The number of hydrogen-bond acceptors (Lipinski definition) is 6. The van der Waals surface area contributed by atoms with Crippen molar-refractivity contribution in [3.8, 4) is 0 Å². The van der Waals surface area contributed by atoms with Gasteiger partial charge in [-0.3, -0.25) is 4.90 Å². The molecular formula is C20H24Cl2FN5O2. The Bertz CT molecular complexity index is 999. The molecule has 2 atom stereocenters. The second-order valence-corrected chi connectivity index (χ2v) is 9.43. The maximum Gasteiger partial charge on any atom is 0.410 e. The number of amides is 1. The predicted octanol–water partition coefficient (Wildman–Crippen LogP) is 4.62. The molecule has 0 N–H and O–H groups in total. The molecule has 2 fully saturated rings. The van der Waals surface area contributed by atoms with Crippen molar-refractivity contribution in [1.29, 1.82) is 0 Å². The fraction of sp³-hybridized carbons (Fsp3) is 0.600. The molecule has 4 heterocycles. The van der Waals surface area contributed by atoms with Crippen LogP contribution in [0.15, 0.2) is 0 Å². The minimum atomic E-state index is -0.704. The number of halogens is 3. The molecule has 2 aromatic rings. The average Bonchev–Trinajstić information content (AvgIpc) is 2.93. The van der Waals surface area contributed by atoms with Crippen LogP contribution in [0.5, 0.6) is 0 Å². The van der Waals surface area contributed by atoms with Crippen LogP contribution in [0.3, 0.4) is 0 Å². The lowest BCUT2D eigenvalue weighted by molar-refractivity contribution is 0.0123. The van der Waals surface area contributed by atoms with Crippen molar-refractivity contribution in [1.82, 2.24) is 19.9 Å². The third-order valence-electron chi connectivity index (χ3n) is 5.49. The first-order valence-corrected chi connectivity index (χ1v) is 10.8. The zero-order chi connectivity index (χ0) is 21.8. The van der Waals surface area contributed by atoms with E-state index in [1.165, 1.54) is 0 Å². The van der Waals surface area contributed by atoms with Gasteiger partial charge in [0.1, 0.15) is 16.9 Å². The number of fused-ring (bicyclic) bond motifs is 3. The van der Waals surface area contributed by atoms with Gasteiger partial charge in [0.25, 0.3) is 0 Å². The molecule has 4 rings (SSSR count). The van der Waals surface area contributed by atoms with Gasteiger partial charge in [-0.1, -0.05) is 18.5 Å². The van der Waals surface area contributed by atoms with Crippen molar-refractivity contribution in [2.75, 3.05) is 18.0 Å². The quantitative estimate of drug-likeness (QED) is 0.485. The summed E-state index contributed by atoms with van der Waals surface area (Å²) in [7, 11) is 0. The average molecular weight is 456 g/mol. The smallest absolute Gasteiger partial charge is 0.410 e. The summed E-state index contributed by atoms with van der Waals surface area (Å²) in [6.45, 7) is 8.58. The third-order valence-corrected chi connectivity index (χ3v) is 5.91. The van der Waals surface area contributed by atoms with Crippen LogP contribution in [0.25, 0.3) is 10.9 Å². The molecule has 2 aromatic heterocycles. The van der Waals surface area contributed by atoms with E-state index in [0.717, 1.165) is 12.8 Å². The number of aryl methyl sites for hydroxylation is 1. The highest BCUT2D eigenvalue weighted by atomic mass is 35.5. The lowest BCUT2D eigenvalue weighted by Crippen LogP contribution is -2.57. The number of aromatic nitrogens is 3. The fourth-order valence-electron chi connectivity index (χ4n) is 4.34. The molecule has 30 heavy (non-hydrogen) atoms. The number of hydrogen-bond donors (Lipinski definition) is 0. The van der Waals surface area contributed by atoms with Gasteiger partial charge in [0.15, 0.2) is 11.0 Å². The number of piperazine rings is 1. The summed E-state index contributed by atoms with van der Waals surface area (Å²) >= 11 is 12.1. The first-order chi connectivity index (χ1) is 14.1. The minimum absolute atomic E-state index is 0.0161. The second-order valence-electron chi connectivity index (χ2n) is 8.73. The molecule has 2 bridgehead atoms. The van der Waals surface area contributed by atoms with Crippen molar-refractivity contribution in [3.63, 3.8) is 0 Å². The largest absolute Gasteiger partial charge is 0.444 e. The Kier molecular flexibility index (Phi) is 5.43. The SMILES string of the molecule is CCc1nc(Cl)c(F)c2nc(Cl)nc(N3C[C@H]4CC[C@@H](C3)N4C(=O)OC(C)(C)C)c12. The van der Waals surface area contributed by atoms with Crippen LogP contribution in [0.2, 0.25) is 10.4 Å². The Morgan fingerprint density at radius 3 is 2.37 bits per heavy atom. The molecule has 0 spiro atoms. The van der Waals surface area contributed by atoms with Gasteiger partial charge in [-0.2, -0.15) is 4.98 Å². The second kappa shape index (κ2) is 7.64. The highest BCUT2D eigenvalue weighted by molar-refractivity contribution is 6.31. The van der Waals surface area contributed by atoms with Crippen molar-refractivity contribution in [2.24, 2.45) is 0 Å². The lowest BCUT2D eigenvalue weighted by Gasteiger charge is -2.42. The van der Waals surface area contributed by atoms with E-state index >= 15 is 0 Å². The Morgan fingerprint density at radius 2 is 1.80 bits per heavy atom. The van der Waals surface area contributed by atoms with Crippen LogP contribution in [0.1, 0.15) is 46.2 Å². The minimum Gasteiger partial charge on any atom is -0.444 e. The van der Waals surface area contributed by atoms with Crippen LogP contribution in [0.4, 0.5) is 15.0 Å². The van der Waals surface area contributed by atoms with E-state index in [0.29, 0.717) is 36.4 Å². The summed E-state index contributed by atoms with van der Waals surface area (Å²) in [5.41, 5.74) is 0.136. The van der Waals surface area contributed by atoms with Gasteiger partial charge in [0.2, 0.25) is 5.28 Å². The van der Waals surface area contributed by atoms with Gasteiger partial charge < -0.3 is 9.64 Å². The molecule has 2 aliphatic rings. The highest BCUT2D eigenvalue weighted by Crippen LogP contribution is 2.37. The molecule has 7 nitrogen and oxygen atoms in total. The van der Waals surface area contributed by atoms with E-state index < -0.39 is 11.4 Å². The molecule has 0 aliphatic carbocycles. The van der Waals surface area contributed by atoms with Gasteiger partial charge in [-0.05, 0) is 51.6 Å². The van der Waals surface area contributed by atoms with E-state index in [1.807, 2.05) is 37.5 Å². The van der Waals surface area contributed by atoms with Crippen molar-refractivity contribution in [2.45, 2.75) is 64.6 Å². The monoisotopic (exact) mass is 455 g/mol. The maximum atomic E-state index is 14.7. The molecule has 162 valence electrons. The normalized spacial score (nSPS) is 21.4. The van der Waals surface area contributed by atoms with Crippen molar-refractivity contribution in [3.05, 3.63) is 21.9 Å². The maximum absolute atomic E-state index is 14.7. The zero-order valence-electron chi connectivity index (χ0n) is 17.4. The number of carbonyl (C=O) groups is 1. The Hall–Kier alpha value is -1.93. The number of nitrogens with zero attached hydrogens (tertiary/aromatic N) is 5. The van der Waals surface area contributed by atoms with E-state index in [1.54, 1.807) is 0 Å². The summed E-state index contributed by atoms with van der Waals surface area (Å²) in [5, 5.41) is 0.242. The van der Waals surface area contributed by atoms with Crippen LogP contribution < -0.4 is 4.90 Å². The van der Waals surface area contributed by atoms with Gasteiger partial charge >= 0.3 is 6.09 Å². The topological polar surface area (TPSA) is 71.5 Å². The van der Waals surface area contributed by atoms with Gasteiger partial charge in [-0.25, -0.2) is 19.2 Å². The Labute approximate surface area is 184 Å². The molecule has 0 aromatic carbocycles.